The molecule has 0 saturated carbocycles. The molecular formula is C26H28N4O3. The highest BCUT2D eigenvalue weighted by Crippen LogP contribution is 2.25. The first-order valence-electron chi connectivity index (χ1n) is 11.3. The summed E-state index contributed by atoms with van der Waals surface area (Å²) in [5, 5.41) is 0. The molecule has 1 atom stereocenters. The van der Waals surface area contributed by atoms with Gasteiger partial charge < -0.3 is 14.4 Å². The fourth-order valence-electron chi connectivity index (χ4n) is 4.47. The molecule has 7 nitrogen and oxygen atoms in total. The zero-order chi connectivity index (χ0) is 22.6. The highest BCUT2D eigenvalue weighted by molar-refractivity contribution is 5.78. The molecule has 0 aliphatic carbocycles. The number of benzene rings is 2. The first-order chi connectivity index (χ1) is 16.2. The van der Waals surface area contributed by atoms with Crippen LogP contribution in [0.5, 0.6) is 5.75 Å². The molecule has 0 N–H and O–H groups in total. The Morgan fingerprint density at radius 3 is 2.73 bits per heavy atom. The van der Waals surface area contributed by atoms with Gasteiger partial charge in [-0.05, 0) is 41.8 Å². The van der Waals surface area contributed by atoms with Crippen LogP contribution in [0.4, 0.5) is 0 Å². The van der Waals surface area contributed by atoms with Crippen LogP contribution in [-0.2, 0) is 22.5 Å². The molecule has 3 heterocycles. The fraction of sp³-hybridized carbons (Fsp3) is 0.346. The lowest BCUT2D eigenvalue weighted by atomic mass is 10.00. The predicted octanol–water partition coefficient (Wildman–Crippen LogP) is 3.11. The summed E-state index contributed by atoms with van der Waals surface area (Å²) < 4.78 is 11.2. The van der Waals surface area contributed by atoms with Gasteiger partial charge in [0.05, 0.1) is 50.6 Å². The average Bonchev–Trinajstić information content (AvgIpc) is 2.89. The van der Waals surface area contributed by atoms with Crippen molar-refractivity contribution in [3.63, 3.8) is 0 Å². The Morgan fingerprint density at radius 1 is 1.09 bits per heavy atom. The first-order valence-corrected chi connectivity index (χ1v) is 11.3. The summed E-state index contributed by atoms with van der Waals surface area (Å²) in [7, 11) is 1.65. The quantitative estimate of drug-likeness (QED) is 0.603. The summed E-state index contributed by atoms with van der Waals surface area (Å²) in [6.45, 7) is 3.75. The number of amides is 1. The van der Waals surface area contributed by atoms with Crippen molar-refractivity contribution in [1.29, 1.82) is 0 Å². The van der Waals surface area contributed by atoms with Crippen LogP contribution in [0.2, 0.25) is 0 Å². The van der Waals surface area contributed by atoms with Gasteiger partial charge in [0.15, 0.2) is 0 Å². The van der Waals surface area contributed by atoms with Crippen molar-refractivity contribution in [3.8, 4) is 17.0 Å². The minimum absolute atomic E-state index is 0.141. The molecule has 1 unspecified atom stereocenters. The average molecular weight is 445 g/mol. The van der Waals surface area contributed by atoms with E-state index in [1.165, 1.54) is 11.1 Å². The maximum atomic E-state index is 13.1. The Bertz CT molecular complexity index is 1120. The van der Waals surface area contributed by atoms with Gasteiger partial charge in [0.25, 0.3) is 0 Å². The second-order valence-electron chi connectivity index (χ2n) is 8.49. The topological polar surface area (TPSA) is 67.8 Å². The van der Waals surface area contributed by atoms with Gasteiger partial charge in [0.2, 0.25) is 5.91 Å². The number of fused-ring (bicyclic) bond motifs is 1. The number of ether oxygens (including phenoxy) is 2. The summed E-state index contributed by atoms with van der Waals surface area (Å²) >= 11 is 0. The number of rotatable bonds is 5. The van der Waals surface area contributed by atoms with E-state index in [-0.39, 0.29) is 12.0 Å². The lowest BCUT2D eigenvalue weighted by Crippen LogP contribution is -2.47. The monoisotopic (exact) mass is 444 g/mol. The largest absolute Gasteiger partial charge is 0.497 e. The normalized spacial score (nSPS) is 18.6. The van der Waals surface area contributed by atoms with E-state index in [0.29, 0.717) is 26.2 Å². The van der Waals surface area contributed by atoms with E-state index in [0.717, 1.165) is 42.2 Å². The fourth-order valence-corrected chi connectivity index (χ4v) is 4.47. The molecular weight excluding hydrogens is 416 g/mol. The standard InChI is InChI=1S/C26H28N4O3/c1-32-22-8-6-20(7-9-22)23-14-27-15-24(28-23)25-17-30(12-13-33-25)26(31)18-29-11-10-19-4-2-3-5-21(19)16-29/h2-9,14-15,25H,10-13,16-18H2,1H3. The molecule has 0 radical (unpaired) electrons. The molecule has 170 valence electrons. The van der Waals surface area contributed by atoms with Gasteiger partial charge in [-0.3, -0.25) is 14.7 Å². The lowest BCUT2D eigenvalue weighted by molar-refractivity contribution is -0.140. The van der Waals surface area contributed by atoms with Crippen LogP contribution in [0.3, 0.4) is 0 Å². The molecule has 2 aliphatic rings. The van der Waals surface area contributed by atoms with Crippen molar-refractivity contribution < 1.29 is 14.3 Å². The Morgan fingerprint density at radius 2 is 1.91 bits per heavy atom. The van der Waals surface area contributed by atoms with E-state index < -0.39 is 0 Å². The van der Waals surface area contributed by atoms with Gasteiger partial charge in [0.1, 0.15) is 11.9 Å². The number of hydrogen-bond donors (Lipinski definition) is 0. The van der Waals surface area contributed by atoms with Crippen LogP contribution in [0.1, 0.15) is 22.9 Å². The van der Waals surface area contributed by atoms with Gasteiger partial charge in [0, 0.05) is 25.2 Å². The SMILES string of the molecule is COc1ccc(-c2cncc(C3CN(C(=O)CN4CCc5ccccc5C4)CCO3)n2)cc1. The third-order valence-electron chi connectivity index (χ3n) is 6.36. The van der Waals surface area contributed by atoms with E-state index >= 15 is 0 Å². The second-order valence-corrected chi connectivity index (χ2v) is 8.49. The predicted molar refractivity (Wildman–Crippen MR) is 125 cm³/mol. The van der Waals surface area contributed by atoms with Gasteiger partial charge in [-0.25, -0.2) is 4.98 Å². The highest BCUT2D eigenvalue weighted by Gasteiger charge is 2.28. The molecule has 0 bridgehead atoms. The minimum Gasteiger partial charge on any atom is -0.497 e. The molecule has 3 aromatic rings. The molecule has 5 rings (SSSR count). The highest BCUT2D eigenvalue weighted by atomic mass is 16.5. The number of carbonyl (C=O) groups is 1. The summed E-state index contributed by atoms with van der Waals surface area (Å²) in [5.41, 5.74) is 5.19. The maximum Gasteiger partial charge on any atom is 0.236 e. The van der Waals surface area contributed by atoms with Gasteiger partial charge in [-0.2, -0.15) is 0 Å². The second kappa shape index (κ2) is 9.68. The van der Waals surface area contributed by atoms with Gasteiger partial charge >= 0.3 is 0 Å². The molecule has 7 heteroatoms. The maximum absolute atomic E-state index is 13.1. The summed E-state index contributed by atoms with van der Waals surface area (Å²) in [4.78, 5) is 26.4. The third-order valence-corrected chi connectivity index (χ3v) is 6.36. The number of hydrogen-bond acceptors (Lipinski definition) is 6. The number of carbonyl (C=O) groups excluding carboxylic acids is 1. The smallest absolute Gasteiger partial charge is 0.236 e. The zero-order valence-corrected chi connectivity index (χ0v) is 18.8. The molecule has 1 saturated heterocycles. The first kappa shape index (κ1) is 21.6. The van der Waals surface area contributed by atoms with Crippen molar-refractivity contribution >= 4 is 5.91 Å². The third kappa shape index (κ3) is 4.89. The van der Waals surface area contributed by atoms with Gasteiger partial charge in [-0.15, -0.1) is 0 Å². The molecule has 1 amide bonds. The molecule has 1 fully saturated rings. The summed E-state index contributed by atoms with van der Waals surface area (Å²) in [6, 6.07) is 16.2. The van der Waals surface area contributed by atoms with Crippen LogP contribution in [0, 0.1) is 0 Å². The molecule has 0 spiro atoms. The van der Waals surface area contributed by atoms with Crippen LogP contribution < -0.4 is 4.74 Å². The number of aromatic nitrogens is 2. The van der Waals surface area contributed by atoms with Crippen molar-refractivity contribution in [2.45, 2.75) is 19.1 Å². The number of methoxy groups -OCH3 is 1. The van der Waals surface area contributed by atoms with Crippen LogP contribution >= 0.6 is 0 Å². The van der Waals surface area contributed by atoms with E-state index in [1.807, 2.05) is 29.2 Å². The van der Waals surface area contributed by atoms with E-state index in [2.05, 4.69) is 34.1 Å². The Balaban J connectivity index is 1.24. The molecule has 2 aromatic carbocycles. The Labute approximate surface area is 194 Å². The molecule has 2 aliphatic heterocycles. The summed E-state index contributed by atoms with van der Waals surface area (Å²) in [5.74, 6) is 0.937. The summed E-state index contributed by atoms with van der Waals surface area (Å²) in [6.07, 6.45) is 4.18. The van der Waals surface area contributed by atoms with Crippen LogP contribution in [0.25, 0.3) is 11.3 Å². The van der Waals surface area contributed by atoms with Crippen molar-refractivity contribution in [2.24, 2.45) is 0 Å². The van der Waals surface area contributed by atoms with E-state index in [9.17, 15) is 4.79 Å². The number of nitrogens with zero attached hydrogens (tertiary/aromatic N) is 4. The lowest BCUT2D eigenvalue weighted by Gasteiger charge is -2.35. The van der Waals surface area contributed by atoms with Crippen LogP contribution in [0.15, 0.2) is 60.9 Å². The van der Waals surface area contributed by atoms with Crippen molar-refractivity contribution in [2.75, 3.05) is 39.9 Å². The van der Waals surface area contributed by atoms with Crippen LogP contribution in [-0.4, -0.2) is 65.6 Å². The number of morpholine rings is 1. The molecule has 33 heavy (non-hydrogen) atoms. The van der Waals surface area contributed by atoms with E-state index in [4.69, 9.17) is 14.5 Å². The Kier molecular flexibility index (Phi) is 6.32. The van der Waals surface area contributed by atoms with Gasteiger partial charge in [-0.1, -0.05) is 24.3 Å². The van der Waals surface area contributed by atoms with Crippen molar-refractivity contribution in [3.05, 3.63) is 77.7 Å². The zero-order valence-electron chi connectivity index (χ0n) is 18.8. The minimum atomic E-state index is -0.282. The Hall–Kier alpha value is -3.29. The van der Waals surface area contributed by atoms with E-state index in [1.54, 1.807) is 19.5 Å². The van der Waals surface area contributed by atoms with Crippen molar-refractivity contribution in [1.82, 2.24) is 19.8 Å². The molecule has 1 aromatic heterocycles.